The third-order valence-electron chi connectivity index (χ3n) is 6.23. The molecule has 2 aromatic rings. The van der Waals surface area contributed by atoms with Gasteiger partial charge in [0.05, 0.1) is 11.6 Å². The first-order valence-electron chi connectivity index (χ1n) is 10.2. The van der Waals surface area contributed by atoms with Crippen molar-refractivity contribution in [1.29, 1.82) is 0 Å². The lowest BCUT2D eigenvalue weighted by molar-refractivity contribution is -0.144. The molecule has 0 spiro atoms. The van der Waals surface area contributed by atoms with Crippen molar-refractivity contribution in [2.24, 2.45) is 5.92 Å². The van der Waals surface area contributed by atoms with Crippen LogP contribution in [0.3, 0.4) is 0 Å². The molecule has 2 atom stereocenters. The van der Waals surface area contributed by atoms with Crippen molar-refractivity contribution in [2.75, 3.05) is 6.54 Å². The maximum Gasteiger partial charge on any atom is 0.308 e. The van der Waals surface area contributed by atoms with Crippen LogP contribution in [0.5, 0.6) is 0 Å². The zero-order valence-corrected chi connectivity index (χ0v) is 16.5. The first kappa shape index (κ1) is 18.7. The van der Waals surface area contributed by atoms with Gasteiger partial charge in [-0.15, -0.1) is 0 Å². The van der Waals surface area contributed by atoms with Gasteiger partial charge in [0.1, 0.15) is 0 Å². The number of benzene rings is 1. The third-order valence-corrected chi connectivity index (χ3v) is 6.23. The molecule has 1 aromatic heterocycles. The van der Waals surface area contributed by atoms with Gasteiger partial charge in [0, 0.05) is 23.8 Å². The molecule has 1 amide bonds. The Balaban J connectivity index is 1.72. The average molecular weight is 381 g/mol. The number of carbonyl (C=O) groups excluding carboxylic acids is 1. The van der Waals surface area contributed by atoms with E-state index in [-0.39, 0.29) is 11.9 Å². The minimum atomic E-state index is -0.822. The van der Waals surface area contributed by atoms with Crippen LogP contribution in [0.15, 0.2) is 24.3 Å². The number of rotatable bonds is 3. The predicted octanol–water partition coefficient (Wildman–Crippen LogP) is 3.38. The van der Waals surface area contributed by atoms with Crippen molar-refractivity contribution in [3.63, 3.8) is 0 Å². The van der Waals surface area contributed by atoms with Crippen LogP contribution in [-0.2, 0) is 17.6 Å². The summed E-state index contributed by atoms with van der Waals surface area (Å²) in [5.74, 6) is -1.45. The summed E-state index contributed by atoms with van der Waals surface area (Å²) >= 11 is 0. The van der Waals surface area contributed by atoms with Gasteiger partial charge in [-0.2, -0.15) is 5.10 Å². The second-order valence-corrected chi connectivity index (χ2v) is 8.05. The second kappa shape index (κ2) is 7.41. The molecule has 2 heterocycles. The number of piperidine rings is 1. The Bertz CT molecular complexity index is 900. The van der Waals surface area contributed by atoms with Crippen molar-refractivity contribution in [2.45, 2.75) is 58.4 Å². The van der Waals surface area contributed by atoms with Gasteiger partial charge in [0.2, 0.25) is 0 Å². The lowest BCUT2D eigenvalue weighted by Gasteiger charge is -2.37. The number of fused-ring (bicyclic) bond motifs is 1. The molecule has 28 heavy (non-hydrogen) atoms. The molecule has 6 nitrogen and oxygen atoms in total. The number of nitrogens with zero attached hydrogens (tertiary/aromatic N) is 3. The minimum absolute atomic E-state index is 0.123. The van der Waals surface area contributed by atoms with E-state index >= 15 is 0 Å². The number of carboxylic acids is 1. The number of aromatic nitrogens is 2. The average Bonchev–Trinajstić information content (AvgIpc) is 3.08. The Labute approximate surface area is 165 Å². The molecule has 148 valence electrons. The van der Waals surface area contributed by atoms with Crippen LogP contribution < -0.4 is 0 Å². The van der Waals surface area contributed by atoms with E-state index in [1.165, 1.54) is 5.56 Å². The first-order chi connectivity index (χ1) is 13.5. The Kier molecular flexibility index (Phi) is 4.96. The lowest BCUT2D eigenvalue weighted by Crippen LogP contribution is -2.49. The van der Waals surface area contributed by atoms with E-state index in [1.807, 2.05) is 30.7 Å². The Hall–Kier alpha value is -2.63. The molecule has 2 aliphatic rings. The van der Waals surface area contributed by atoms with Crippen LogP contribution in [0.25, 0.3) is 5.69 Å². The molecule has 1 aliphatic heterocycles. The van der Waals surface area contributed by atoms with Gasteiger partial charge in [-0.25, -0.2) is 4.68 Å². The van der Waals surface area contributed by atoms with E-state index < -0.39 is 11.9 Å². The number of carbonyl (C=O) groups is 2. The van der Waals surface area contributed by atoms with Crippen molar-refractivity contribution < 1.29 is 14.7 Å². The highest BCUT2D eigenvalue weighted by molar-refractivity contribution is 5.95. The summed E-state index contributed by atoms with van der Waals surface area (Å²) in [6.45, 7) is 4.49. The van der Waals surface area contributed by atoms with Crippen LogP contribution in [0.1, 0.15) is 59.9 Å². The molecule has 1 aliphatic carbocycles. The number of hydrogen-bond acceptors (Lipinski definition) is 3. The van der Waals surface area contributed by atoms with Crippen molar-refractivity contribution in [3.8, 4) is 5.69 Å². The second-order valence-electron chi connectivity index (χ2n) is 8.05. The smallest absolute Gasteiger partial charge is 0.308 e. The van der Waals surface area contributed by atoms with Gasteiger partial charge in [-0.05, 0) is 64.5 Å². The molecule has 1 fully saturated rings. The van der Waals surface area contributed by atoms with E-state index in [0.717, 1.165) is 42.6 Å². The topological polar surface area (TPSA) is 75.4 Å². The van der Waals surface area contributed by atoms with Crippen LogP contribution >= 0.6 is 0 Å². The van der Waals surface area contributed by atoms with Crippen LogP contribution in [0.4, 0.5) is 0 Å². The van der Waals surface area contributed by atoms with Crippen LogP contribution in [0, 0.1) is 12.8 Å². The van der Waals surface area contributed by atoms with Gasteiger partial charge in [-0.3, -0.25) is 9.59 Å². The number of hydrogen-bond donors (Lipinski definition) is 1. The van der Waals surface area contributed by atoms with Gasteiger partial charge < -0.3 is 10.0 Å². The maximum absolute atomic E-state index is 13.4. The molecule has 1 N–H and O–H groups in total. The fourth-order valence-corrected chi connectivity index (χ4v) is 4.57. The molecule has 1 aromatic carbocycles. The molecular weight excluding hydrogens is 354 g/mol. The molecular formula is C22H27N3O3. The summed E-state index contributed by atoms with van der Waals surface area (Å²) in [5, 5.41) is 14.2. The number of aliphatic carboxylic acids is 1. The van der Waals surface area contributed by atoms with E-state index in [9.17, 15) is 14.7 Å². The summed E-state index contributed by atoms with van der Waals surface area (Å²) in [6.07, 6.45) is 5.26. The normalized spacial score (nSPS) is 22.0. The van der Waals surface area contributed by atoms with Crippen LogP contribution in [0.2, 0.25) is 0 Å². The predicted molar refractivity (Wildman–Crippen MR) is 106 cm³/mol. The fraction of sp³-hybridized carbons (Fsp3) is 0.500. The van der Waals surface area contributed by atoms with Gasteiger partial charge in [0.15, 0.2) is 5.69 Å². The Morgan fingerprint density at radius 1 is 1.11 bits per heavy atom. The van der Waals surface area contributed by atoms with Crippen molar-refractivity contribution in [1.82, 2.24) is 14.7 Å². The lowest BCUT2D eigenvalue weighted by atomic mass is 9.89. The van der Waals surface area contributed by atoms with Crippen molar-refractivity contribution >= 4 is 11.9 Å². The minimum Gasteiger partial charge on any atom is -0.481 e. The summed E-state index contributed by atoms with van der Waals surface area (Å²) < 4.78 is 1.92. The maximum atomic E-state index is 13.4. The Morgan fingerprint density at radius 3 is 2.54 bits per heavy atom. The van der Waals surface area contributed by atoms with Gasteiger partial charge >= 0.3 is 5.97 Å². The standard InChI is InChI=1S/C22H27N3O3/c1-14-9-11-16(12-10-14)25-19-8-4-3-6-18(19)20(23-25)21(26)24-13-5-7-17(15(24)2)22(27)28/h9-12,15,17H,3-8,13H2,1-2H3,(H,27,28)/t15-,17-/m1/s1. The molecule has 0 radical (unpaired) electrons. The Morgan fingerprint density at radius 2 is 1.82 bits per heavy atom. The van der Waals surface area contributed by atoms with E-state index in [2.05, 4.69) is 12.1 Å². The highest BCUT2D eigenvalue weighted by Crippen LogP contribution is 2.30. The molecule has 1 saturated heterocycles. The number of aryl methyl sites for hydroxylation is 1. The zero-order chi connectivity index (χ0) is 19.8. The molecule has 0 bridgehead atoms. The SMILES string of the molecule is Cc1ccc(-n2nc(C(=O)N3CCC[C@@H](C(=O)O)[C@H]3C)c3c2CCCC3)cc1. The summed E-state index contributed by atoms with van der Waals surface area (Å²) in [6, 6.07) is 7.86. The number of carboxylic acid groups (broad SMARTS) is 1. The van der Waals surface area contributed by atoms with E-state index in [0.29, 0.717) is 25.1 Å². The number of likely N-dealkylation sites (tertiary alicyclic amines) is 1. The largest absolute Gasteiger partial charge is 0.481 e. The molecule has 4 rings (SSSR count). The monoisotopic (exact) mass is 381 g/mol. The summed E-state index contributed by atoms with van der Waals surface area (Å²) in [4.78, 5) is 26.7. The molecule has 0 unspecified atom stereocenters. The van der Waals surface area contributed by atoms with Gasteiger partial charge in [0.25, 0.3) is 5.91 Å². The molecule has 6 heteroatoms. The zero-order valence-electron chi connectivity index (χ0n) is 16.5. The van der Waals surface area contributed by atoms with Crippen molar-refractivity contribution in [3.05, 3.63) is 46.8 Å². The fourth-order valence-electron chi connectivity index (χ4n) is 4.57. The van der Waals surface area contributed by atoms with Crippen LogP contribution in [-0.4, -0.2) is 44.3 Å². The van der Waals surface area contributed by atoms with Gasteiger partial charge in [-0.1, -0.05) is 17.7 Å². The van der Waals surface area contributed by atoms with E-state index in [1.54, 1.807) is 4.90 Å². The van der Waals surface area contributed by atoms with E-state index in [4.69, 9.17) is 5.10 Å². The first-order valence-corrected chi connectivity index (χ1v) is 10.2. The highest BCUT2D eigenvalue weighted by Gasteiger charge is 2.38. The summed E-state index contributed by atoms with van der Waals surface area (Å²) in [7, 11) is 0. The molecule has 0 saturated carbocycles. The highest BCUT2D eigenvalue weighted by atomic mass is 16.4. The third kappa shape index (κ3) is 3.21. The number of amides is 1. The summed E-state index contributed by atoms with van der Waals surface area (Å²) in [5.41, 5.74) is 4.83. The quantitative estimate of drug-likeness (QED) is 0.884.